The molecule has 1 heterocycles. The van der Waals surface area contributed by atoms with E-state index in [1.54, 1.807) is 6.07 Å². The van der Waals surface area contributed by atoms with E-state index in [1.165, 1.54) is 11.3 Å². The molecule has 5 heteroatoms. The van der Waals surface area contributed by atoms with Gasteiger partial charge in [-0.05, 0) is 12.1 Å². The molecule has 0 aliphatic rings. The molecule has 0 bridgehead atoms. The van der Waals surface area contributed by atoms with E-state index >= 15 is 0 Å². The summed E-state index contributed by atoms with van der Waals surface area (Å²) in [5.41, 5.74) is 0.759. The highest BCUT2D eigenvalue weighted by molar-refractivity contribution is 7.20. The van der Waals surface area contributed by atoms with Crippen molar-refractivity contribution >= 4 is 27.3 Å². The summed E-state index contributed by atoms with van der Waals surface area (Å²) in [6.07, 6.45) is 0. The molecular formula is C9H5N3OS. The van der Waals surface area contributed by atoms with Gasteiger partial charge in [-0.3, -0.25) is 0 Å². The number of aromatic nitrogens is 1. The highest BCUT2D eigenvalue weighted by Gasteiger charge is 2.09. The summed E-state index contributed by atoms with van der Waals surface area (Å²) < 4.78 is 0.971. The van der Waals surface area contributed by atoms with Crippen LogP contribution in [-0.2, 0) is 0 Å². The Morgan fingerprint density at radius 1 is 1.50 bits per heavy atom. The van der Waals surface area contributed by atoms with E-state index in [2.05, 4.69) is 10.1 Å². The zero-order chi connectivity index (χ0) is 9.97. The number of nitriles is 1. The lowest BCUT2D eigenvalue weighted by atomic mass is 10.3. The Labute approximate surface area is 83.7 Å². The van der Waals surface area contributed by atoms with E-state index < -0.39 is 0 Å². The Kier molecular flexibility index (Phi) is 2.13. The van der Waals surface area contributed by atoms with Gasteiger partial charge in [-0.1, -0.05) is 17.3 Å². The van der Waals surface area contributed by atoms with Crippen LogP contribution in [0.15, 0.2) is 29.4 Å². The van der Waals surface area contributed by atoms with Crippen molar-refractivity contribution in [3.05, 3.63) is 29.3 Å². The molecule has 0 atom stereocenters. The average Bonchev–Trinajstić information content (AvgIpc) is 2.63. The Hall–Kier alpha value is -1.93. The summed E-state index contributed by atoms with van der Waals surface area (Å²) >= 11 is 1.33. The number of nitrogens with zero attached hydrogens (tertiary/aromatic N) is 3. The largest absolute Gasteiger partial charge is 0.410 e. The minimum Gasteiger partial charge on any atom is -0.410 e. The summed E-state index contributed by atoms with van der Waals surface area (Å²) in [6, 6.07) is 9.30. The van der Waals surface area contributed by atoms with Crippen LogP contribution >= 0.6 is 11.3 Å². The van der Waals surface area contributed by atoms with Gasteiger partial charge >= 0.3 is 0 Å². The molecule has 1 N–H and O–H groups in total. The summed E-state index contributed by atoms with van der Waals surface area (Å²) in [7, 11) is 0. The van der Waals surface area contributed by atoms with E-state index in [9.17, 15) is 0 Å². The van der Waals surface area contributed by atoms with Crippen molar-refractivity contribution in [1.29, 1.82) is 5.26 Å². The fourth-order valence-electron chi connectivity index (χ4n) is 1.09. The van der Waals surface area contributed by atoms with Crippen molar-refractivity contribution in [1.82, 2.24) is 4.98 Å². The maximum atomic E-state index is 8.63. The van der Waals surface area contributed by atoms with Gasteiger partial charge in [-0.15, -0.1) is 11.3 Å². The molecule has 0 aliphatic carbocycles. The molecule has 2 aromatic rings. The van der Waals surface area contributed by atoms with Gasteiger partial charge in [0.25, 0.3) is 0 Å². The number of para-hydroxylation sites is 1. The highest BCUT2D eigenvalue weighted by atomic mass is 32.1. The second-order valence-corrected chi connectivity index (χ2v) is 3.58. The molecule has 2 rings (SSSR count). The van der Waals surface area contributed by atoms with Crippen LogP contribution in [0.1, 0.15) is 5.01 Å². The van der Waals surface area contributed by atoms with Crippen LogP contribution in [0.5, 0.6) is 0 Å². The molecule has 14 heavy (non-hydrogen) atoms. The van der Waals surface area contributed by atoms with Gasteiger partial charge in [0.1, 0.15) is 6.07 Å². The van der Waals surface area contributed by atoms with Crippen LogP contribution in [0.3, 0.4) is 0 Å². The van der Waals surface area contributed by atoms with Crippen molar-refractivity contribution < 1.29 is 5.21 Å². The number of fused-ring (bicyclic) bond motifs is 1. The number of thiazole rings is 1. The van der Waals surface area contributed by atoms with Crippen LogP contribution in [0.2, 0.25) is 0 Å². The number of oxime groups is 1. The smallest absolute Gasteiger partial charge is 0.215 e. The van der Waals surface area contributed by atoms with Gasteiger partial charge in [0.2, 0.25) is 5.71 Å². The van der Waals surface area contributed by atoms with Gasteiger partial charge < -0.3 is 5.21 Å². The summed E-state index contributed by atoms with van der Waals surface area (Å²) in [4.78, 5) is 4.16. The lowest BCUT2D eigenvalue weighted by molar-refractivity contribution is 0.320. The molecule has 0 spiro atoms. The molecular weight excluding hydrogens is 198 g/mol. The average molecular weight is 203 g/mol. The standard InChI is InChI=1S/C9H5N3OS/c10-5-7(12-13)9-11-6-3-1-2-4-8(6)14-9/h1-4,13H/b12-7-. The molecule has 0 aliphatic heterocycles. The van der Waals surface area contributed by atoms with Gasteiger partial charge in [-0.25, -0.2) is 4.98 Å². The zero-order valence-corrected chi connectivity index (χ0v) is 7.82. The van der Waals surface area contributed by atoms with Crippen LogP contribution in [-0.4, -0.2) is 15.9 Å². The zero-order valence-electron chi connectivity index (χ0n) is 7.01. The fourth-order valence-corrected chi connectivity index (χ4v) is 1.99. The Morgan fingerprint density at radius 3 is 2.93 bits per heavy atom. The van der Waals surface area contributed by atoms with Gasteiger partial charge in [0.05, 0.1) is 10.2 Å². The second kappa shape index (κ2) is 3.44. The first-order chi connectivity index (χ1) is 6.85. The maximum absolute atomic E-state index is 8.63. The normalized spacial score (nSPS) is 11.5. The van der Waals surface area contributed by atoms with Crippen LogP contribution in [0, 0.1) is 11.3 Å². The van der Waals surface area contributed by atoms with E-state index in [0.29, 0.717) is 5.01 Å². The lowest BCUT2D eigenvalue weighted by Gasteiger charge is -1.83. The number of hydrogen-bond acceptors (Lipinski definition) is 5. The minimum atomic E-state index is -0.0498. The lowest BCUT2D eigenvalue weighted by Crippen LogP contribution is -1.94. The Bertz CT molecular complexity index is 505. The van der Waals surface area contributed by atoms with E-state index in [0.717, 1.165) is 10.2 Å². The Morgan fingerprint density at radius 2 is 2.29 bits per heavy atom. The molecule has 1 aromatic heterocycles. The van der Waals surface area contributed by atoms with Crippen LogP contribution in [0.25, 0.3) is 10.2 Å². The fraction of sp³-hybridized carbons (Fsp3) is 0. The van der Waals surface area contributed by atoms with Crippen molar-refractivity contribution in [2.45, 2.75) is 0 Å². The molecule has 0 saturated carbocycles. The van der Waals surface area contributed by atoms with Crippen LogP contribution in [0.4, 0.5) is 0 Å². The molecule has 0 fully saturated rings. The number of rotatable bonds is 1. The second-order valence-electron chi connectivity index (χ2n) is 2.55. The van der Waals surface area contributed by atoms with Gasteiger partial charge in [-0.2, -0.15) is 5.26 Å². The third-order valence-corrected chi connectivity index (χ3v) is 2.75. The maximum Gasteiger partial charge on any atom is 0.215 e. The third kappa shape index (κ3) is 1.32. The predicted octanol–water partition coefficient (Wildman–Crippen LogP) is 2.00. The molecule has 0 radical (unpaired) electrons. The van der Waals surface area contributed by atoms with E-state index in [1.807, 2.05) is 24.3 Å². The van der Waals surface area contributed by atoms with Crippen molar-refractivity contribution in [2.24, 2.45) is 5.16 Å². The first-order valence-corrected chi connectivity index (χ1v) is 4.65. The summed E-state index contributed by atoms with van der Waals surface area (Å²) in [5, 5.41) is 20.5. The molecule has 68 valence electrons. The van der Waals surface area contributed by atoms with Crippen LogP contribution < -0.4 is 0 Å². The first kappa shape index (κ1) is 8.66. The highest BCUT2D eigenvalue weighted by Crippen LogP contribution is 2.21. The quantitative estimate of drug-likeness (QED) is 0.437. The third-order valence-electron chi connectivity index (χ3n) is 1.70. The summed E-state index contributed by atoms with van der Waals surface area (Å²) in [6.45, 7) is 0. The predicted molar refractivity (Wildman–Crippen MR) is 53.6 cm³/mol. The minimum absolute atomic E-state index is 0.0498. The van der Waals surface area contributed by atoms with Crippen molar-refractivity contribution in [3.8, 4) is 6.07 Å². The first-order valence-electron chi connectivity index (χ1n) is 3.83. The molecule has 0 unspecified atom stereocenters. The SMILES string of the molecule is N#C/C(=N/O)c1nc2ccccc2s1. The number of benzene rings is 1. The van der Waals surface area contributed by atoms with Crippen molar-refractivity contribution in [2.75, 3.05) is 0 Å². The topological polar surface area (TPSA) is 69.3 Å². The number of hydrogen-bond donors (Lipinski definition) is 1. The Balaban J connectivity index is 2.62. The van der Waals surface area contributed by atoms with Gasteiger partial charge in [0.15, 0.2) is 5.01 Å². The van der Waals surface area contributed by atoms with Gasteiger partial charge in [0, 0.05) is 0 Å². The van der Waals surface area contributed by atoms with E-state index in [4.69, 9.17) is 10.5 Å². The monoisotopic (exact) mass is 203 g/mol. The molecule has 1 aromatic carbocycles. The molecule has 4 nitrogen and oxygen atoms in total. The molecule has 0 amide bonds. The van der Waals surface area contributed by atoms with E-state index in [-0.39, 0.29) is 5.71 Å². The summed E-state index contributed by atoms with van der Waals surface area (Å²) in [5.74, 6) is 0. The van der Waals surface area contributed by atoms with Crippen molar-refractivity contribution in [3.63, 3.8) is 0 Å². The molecule has 0 saturated heterocycles.